The number of carbonyl (C=O) groups is 1. The second-order valence-electron chi connectivity index (χ2n) is 8.61. The summed E-state index contributed by atoms with van der Waals surface area (Å²) in [6, 6.07) is 10.2. The van der Waals surface area contributed by atoms with Gasteiger partial charge in [-0.25, -0.2) is 4.98 Å². The molecule has 0 radical (unpaired) electrons. The van der Waals surface area contributed by atoms with Crippen LogP contribution in [0.1, 0.15) is 30.9 Å². The molecule has 0 spiro atoms. The van der Waals surface area contributed by atoms with Gasteiger partial charge in [-0.05, 0) is 55.6 Å². The lowest BCUT2D eigenvalue weighted by Crippen LogP contribution is -2.57. The molecule has 1 aromatic carbocycles. The first-order chi connectivity index (χ1) is 14.6. The van der Waals surface area contributed by atoms with Crippen LogP contribution in [-0.2, 0) is 10.2 Å². The lowest BCUT2D eigenvalue weighted by atomic mass is 9.74. The number of nitrogens with zero attached hydrogens (tertiary/aromatic N) is 2. The number of halogens is 1. The molecular weight excluding hydrogens is 398 g/mol. The normalized spacial score (nSPS) is 26.3. The van der Waals surface area contributed by atoms with Gasteiger partial charge < -0.3 is 20.9 Å². The molecule has 7 heteroatoms. The molecule has 30 heavy (non-hydrogen) atoms. The third-order valence-corrected chi connectivity index (χ3v) is 7.29. The topological polar surface area (TPSA) is 69.3 Å². The number of aromatic nitrogens is 1. The van der Waals surface area contributed by atoms with E-state index in [1.165, 1.54) is 5.56 Å². The minimum Gasteiger partial charge on any atom is -0.369 e. The lowest BCUT2D eigenvalue weighted by molar-refractivity contribution is -0.122. The molecule has 4 heterocycles. The zero-order chi connectivity index (χ0) is 20.7. The van der Waals surface area contributed by atoms with E-state index in [1.54, 1.807) is 6.20 Å². The number of piperazine rings is 1. The highest BCUT2D eigenvalue weighted by Gasteiger charge is 2.42. The van der Waals surface area contributed by atoms with Gasteiger partial charge in [-0.1, -0.05) is 30.7 Å². The van der Waals surface area contributed by atoms with Crippen molar-refractivity contribution in [1.82, 2.24) is 15.6 Å². The van der Waals surface area contributed by atoms with Crippen molar-refractivity contribution in [1.29, 1.82) is 0 Å². The zero-order valence-corrected chi connectivity index (χ0v) is 18.0. The van der Waals surface area contributed by atoms with E-state index >= 15 is 0 Å². The summed E-state index contributed by atoms with van der Waals surface area (Å²) >= 11 is 6.62. The number of nitrogens with one attached hydrogen (secondary N) is 3. The van der Waals surface area contributed by atoms with Gasteiger partial charge in [0.1, 0.15) is 5.82 Å². The summed E-state index contributed by atoms with van der Waals surface area (Å²) in [6.45, 7) is 6.48. The Hall–Kier alpha value is -2.15. The van der Waals surface area contributed by atoms with Crippen molar-refractivity contribution in [3.05, 3.63) is 52.7 Å². The molecule has 5 rings (SSSR count). The summed E-state index contributed by atoms with van der Waals surface area (Å²) in [7, 11) is 0. The number of hydrogen-bond acceptors (Lipinski definition) is 5. The van der Waals surface area contributed by atoms with Gasteiger partial charge in [-0.2, -0.15) is 0 Å². The second-order valence-corrected chi connectivity index (χ2v) is 9.02. The van der Waals surface area contributed by atoms with Crippen LogP contribution in [0, 0.1) is 5.92 Å². The molecule has 0 bridgehead atoms. The number of amides is 1. The minimum absolute atomic E-state index is 0.0952. The molecule has 2 fully saturated rings. The van der Waals surface area contributed by atoms with Crippen molar-refractivity contribution in [2.24, 2.45) is 5.92 Å². The summed E-state index contributed by atoms with van der Waals surface area (Å²) in [6.07, 6.45) is 3.54. The molecule has 2 aromatic rings. The van der Waals surface area contributed by atoms with Crippen LogP contribution in [0.25, 0.3) is 0 Å². The van der Waals surface area contributed by atoms with E-state index in [2.05, 4.69) is 46.1 Å². The largest absolute Gasteiger partial charge is 0.369 e. The second kappa shape index (κ2) is 7.84. The van der Waals surface area contributed by atoms with Crippen LogP contribution in [0.2, 0.25) is 5.02 Å². The number of rotatable bonds is 5. The van der Waals surface area contributed by atoms with Crippen LogP contribution in [0.3, 0.4) is 0 Å². The van der Waals surface area contributed by atoms with Crippen molar-refractivity contribution >= 4 is 29.0 Å². The molecule has 2 unspecified atom stereocenters. The SMILES string of the molecule is CCC1(c2cccc(N3CCNC(CC4CNC4)C3=O)c2)CNc2nccc(Cl)c21. The van der Waals surface area contributed by atoms with E-state index in [-0.39, 0.29) is 17.4 Å². The first-order valence-electron chi connectivity index (χ1n) is 10.9. The van der Waals surface area contributed by atoms with Crippen LogP contribution in [0.5, 0.6) is 0 Å². The van der Waals surface area contributed by atoms with Gasteiger partial charge in [0, 0.05) is 47.5 Å². The van der Waals surface area contributed by atoms with Crippen LogP contribution >= 0.6 is 11.6 Å². The Kier molecular flexibility index (Phi) is 5.17. The van der Waals surface area contributed by atoms with Gasteiger partial charge >= 0.3 is 0 Å². The number of carbonyl (C=O) groups excluding carboxylic acids is 1. The van der Waals surface area contributed by atoms with Gasteiger partial charge in [0.25, 0.3) is 0 Å². The predicted molar refractivity (Wildman–Crippen MR) is 120 cm³/mol. The Morgan fingerprint density at radius 1 is 1.30 bits per heavy atom. The predicted octanol–water partition coefficient (Wildman–Crippen LogP) is 2.77. The highest BCUT2D eigenvalue weighted by Crippen LogP contribution is 2.47. The molecule has 3 N–H and O–H groups in total. The smallest absolute Gasteiger partial charge is 0.244 e. The maximum atomic E-state index is 13.2. The fourth-order valence-corrected chi connectivity index (χ4v) is 5.43. The standard InChI is InChI=1S/C23H28ClN5O/c1-2-23(14-28-21-20(23)18(24)6-7-27-21)16-4-3-5-17(11-16)29-9-8-26-19(22(29)30)10-15-12-25-13-15/h3-7,11,15,19,25-26H,2,8-10,12-14H2,1H3,(H,27,28). The number of hydrogen-bond donors (Lipinski definition) is 3. The van der Waals surface area contributed by atoms with Gasteiger partial charge in [-0.15, -0.1) is 0 Å². The Morgan fingerprint density at radius 2 is 2.17 bits per heavy atom. The summed E-state index contributed by atoms with van der Waals surface area (Å²) < 4.78 is 0. The maximum absolute atomic E-state index is 13.2. The van der Waals surface area contributed by atoms with Crippen molar-refractivity contribution in [3.8, 4) is 0 Å². The highest BCUT2D eigenvalue weighted by molar-refractivity contribution is 6.32. The zero-order valence-electron chi connectivity index (χ0n) is 17.2. The number of fused-ring (bicyclic) bond motifs is 1. The molecule has 2 saturated heterocycles. The quantitative estimate of drug-likeness (QED) is 0.687. The Morgan fingerprint density at radius 3 is 2.93 bits per heavy atom. The van der Waals surface area contributed by atoms with Crippen LogP contribution < -0.4 is 20.9 Å². The van der Waals surface area contributed by atoms with Crippen molar-refractivity contribution in [3.63, 3.8) is 0 Å². The fourth-order valence-electron chi connectivity index (χ4n) is 5.10. The van der Waals surface area contributed by atoms with E-state index in [0.29, 0.717) is 12.5 Å². The fraction of sp³-hybridized carbons (Fsp3) is 0.478. The molecular formula is C23H28ClN5O. The molecule has 3 aliphatic rings. The number of anilines is 2. The Labute approximate surface area is 182 Å². The van der Waals surface area contributed by atoms with Crippen LogP contribution in [0.4, 0.5) is 11.5 Å². The van der Waals surface area contributed by atoms with E-state index < -0.39 is 0 Å². The summed E-state index contributed by atoms with van der Waals surface area (Å²) in [5, 5.41) is 10.9. The molecule has 6 nitrogen and oxygen atoms in total. The maximum Gasteiger partial charge on any atom is 0.244 e. The molecule has 0 saturated carbocycles. The van der Waals surface area contributed by atoms with Crippen LogP contribution in [-0.4, -0.2) is 49.7 Å². The summed E-state index contributed by atoms with van der Waals surface area (Å²) in [5.74, 6) is 1.64. The van der Waals surface area contributed by atoms with Crippen LogP contribution in [0.15, 0.2) is 36.5 Å². The van der Waals surface area contributed by atoms with Gasteiger partial charge in [-0.3, -0.25) is 4.79 Å². The van der Waals surface area contributed by atoms with Crippen molar-refractivity contribution in [2.45, 2.75) is 31.2 Å². The molecule has 1 aromatic heterocycles. The van der Waals surface area contributed by atoms with E-state index in [1.807, 2.05) is 17.0 Å². The minimum atomic E-state index is -0.245. The average molecular weight is 426 g/mol. The molecule has 1 amide bonds. The Balaban J connectivity index is 1.47. The lowest BCUT2D eigenvalue weighted by Gasteiger charge is -2.37. The van der Waals surface area contributed by atoms with Gasteiger partial charge in [0.15, 0.2) is 0 Å². The third kappa shape index (κ3) is 3.18. The van der Waals surface area contributed by atoms with Gasteiger partial charge in [0.05, 0.1) is 6.04 Å². The molecule has 158 valence electrons. The van der Waals surface area contributed by atoms with E-state index in [4.69, 9.17) is 11.6 Å². The van der Waals surface area contributed by atoms with E-state index in [0.717, 1.165) is 61.1 Å². The molecule has 2 atom stereocenters. The summed E-state index contributed by atoms with van der Waals surface area (Å²) in [5.41, 5.74) is 2.96. The number of benzene rings is 1. The monoisotopic (exact) mass is 425 g/mol. The van der Waals surface area contributed by atoms with E-state index in [9.17, 15) is 4.79 Å². The third-order valence-electron chi connectivity index (χ3n) is 6.98. The molecule has 3 aliphatic heterocycles. The first kappa shape index (κ1) is 19.8. The van der Waals surface area contributed by atoms with Crippen molar-refractivity contribution in [2.75, 3.05) is 42.9 Å². The average Bonchev–Trinajstić information content (AvgIpc) is 3.13. The summed E-state index contributed by atoms with van der Waals surface area (Å²) in [4.78, 5) is 19.7. The molecule has 0 aliphatic carbocycles. The Bertz CT molecular complexity index is 962. The number of pyridine rings is 1. The van der Waals surface area contributed by atoms with Crippen molar-refractivity contribution < 1.29 is 4.79 Å². The van der Waals surface area contributed by atoms with Gasteiger partial charge in [0.2, 0.25) is 5.91 Å². The first-order valence-corrected chi connectivity index (χ1v) is 11.2. The highest BCUT2D eigenvalue weighted by atomic mass is 35.5.